The van der Waals surface area contributed by atoms with Gasteiger partial charge >= 0.3 is 5.69 Å². The Morgan fingerprint density at radius 3 is 2.61 bits per heavy atom. The number of nitrogens with one attached hydrogen (secondary N) is 1. The summed E-state index contributed by atoms with van der Waals surface area (Å²) in [6.45, 7) is 7.39. The van der Waals surface area contributed by atoms with E-state index in [4.69, 9.17) is 0 Å². The Bertz CT molecular complexity index is 1140. The van der Waals surface area contributed by atoms with Crippen molar-refractivity contribution >= 4 is 22.9 Å². The van der Waals surface area contributed by atoms with Crippen LogP contribution in [0.15, 0.2) is 32.9 Å². The number of aryl methyl sites for hydroxylation is 4. The van der Waals surface area contributed by atoms with E-state index in [1.54, 1.807) is 36.8 Å². The summed E-state index contributed by atoms with van der Waals surface area (Å²) in [6, 6.07) is 4.21. The maximum Gasteiger partial charge on any atom is 0.332 e. The lowest BCUT2D eigenvalue weighted by Gasteiger charge is -2.18. The van der Waals surface area contributed by atoms with Crippen LogP contribution in [0.25, 0.3) is 11.2 Å². The molecule has 0 fully saturated rings. The van der Waals surface area contributed by atoms with Crippen LogP contribution in [0.3, 0.4) is 0 Å². The molecule has 0 saturated heterocycles. The second-order valence-corrected chi connectivity index (χ2v) is 8.77. The first-order valence-electron chi connectivity index (χ1n) is 9.26. The van der Waals surface area contributed by atoms with Crippen molar-refractivity contribution in [2.75, 3.05) is 13.6 Å². The Morgan fingerprint density at radius 2 is 1.93 bits per heavy atom. The van der Waals surface area contributed by atoms with Gasteiger partial charge in [0.1, 0.15) is 0 Å². The molecular weight excluding hydrogens is 374 g/mol. The SMILES string of the molecule is CNCC(C)Sc1c(C)cc(C)cc1Cn1c(=O)c2c(ncn2C)n(C)c1=O. The van der Waals surface area contributed by atoms with E-state index in [1.165, 1.54) is 9.13 Å². The molecule has 3 aromatic rings. The zero-order valence-electron chi connectivity index (χ0n) is 17.2. The number of aromatic nitrogens is 4. The van der Waals surface area contributed by atoms with Gasteiger partial charge in [-0.3, -0.25) is 13.9 Å². The van der Waals surface area contributed by atoms with E-state index in [1.807, 2.05) is 14.0 Å². The topological polar surface area (TPSA) is 73.8 Å². The van der Waals surface area contributed by atoms with Gasteiger partial charge in [-0.05, 0) is 32.0 Å². The Balaban J connectivity index is 2.16. The van der Waals surface area contributed by atoms with Gasteiger partial charge in [0.05, 0.1) is 12.9 Å². The highest BCUT2D eigenvalue weighted by Crippen LogP contribution is 2.31. The first kappa shape index (κ1) is 20.4. The van der Waals surface area contributed by atoms with Gasteiger partial charge in [-0.15, -0.1) is 11.8 Å². The molecule has 0 spiro atoms. The van der Waals surface area contributed by atoms with Crippen molar-refractivity contribution in [3.63, 3.8) is 0 Å². The van der Waals surface area contributed by atoms with Crippen molar-refractivity contribution in [2.24, 2.45) is 14.1 Å². The van der Waals surface area contributed by atoms with E-state index in [0.717, 1.165) is 28.1 Å². The largest absolute Gasteiger partial charge is 0.332 e. The molecule has 1 unspecified atom stereocenters. The normalized spacial score (nSPS) is 12.6. The molecule has 0 saturated carbocycles. The fourth-order valence-electron chi connectivity index (χ4n) is 3.56. The lowest BCUT2D eigenvalue weighted by Crippen LogP contribution is -2.40. The van der Waals surface area contributed by atoms with Crippen LogP contribution in [0.4, 0.5) is 0 Å². The van der Waals surface area contributed by atoms with Crippen LogP contribution < -0.4 is 16.6 Å². The minimum atomic E-state index is -0.352. The zero-order valence-corrected chi connectivity index (χ0v) is 18.1. The molecule has 2 heterocycles. The van der Waals surface area contributed by atoms with Gasteiger partial charge in [0, 0.05) is 30.8 Å². The highest BCUT2D eigenvalue weighted by molar-refractivity contribution is 8.00. The number of imidazole rings is 1. The monoisotopic (exact) mass is 401 g/mol. The van der Waals surface area contributed by atoms with E-state index in [0.29, 0.717) is 16.4 Å². The van der Waals surface area contributed by atoms with Crippen molar-refractivity contribution in [2.45, 2.75) is 37.5 Å². The Hall–Kier alpha value is -2.32. The third-order valence-electron chi connectivity index (χ3n) is 4.84. The van der Waals surface area contributed by atoms with Crippen molar-refractivity contribution in [1.82, 2.24) is 24.0 Å². The average Bonchev–Trinajstić information content (AvgIpc) is 3.01. The van der Waals surface area contributed by atoms with Gasteiger partial charge < -0.3 is 9.88 Å². The minimum absolute atomic E-state index is 0.240. The van der Waals surface area contributed by atoms with E-state index < -0.39 is 0 Å². The lowest BCUT2D eigenvalue weighted by molar-refractivity contribution is 0.648. The first-order chi connectivity index (χ1) is 13.2. The second-order valence-electron chi connectivity index (χ2n) is 7.32. The van der Waals surface area contributed by atoms with Gasteiger partial charge in [0.25, 0.3) is 5.56 Å². The van der Waals surface area contributed by atoms with Crippen LogP contribution in [0.2, 0.25) is 0 Å². The average molecular weight is 402 g/mol. The number of nitrogens with zero attached hydrogens (tertiary/aromatic N) is 4. The predicted octanol–water partition coefficient (Wildman–Crippen LogP) is 1.80. The van der Waals surface area contributed by atoms with Crippen molar-refractivity contribution in [3.05, 3.63) is 56.0 Å². The lowest BCUT2D eigenvalue weighted by atomic mass is 10.1. The van der Waals surface area contributed by atoms with Gasteiger partial charge in [0.2, 0.25) is 0 Å². The zero-order chi connectivity index (χ0) is 20.6. The smallest absolute Gasteiger partial charge is 0.328 e. The van der Waals surface area contributed by atoms with E-state index in [2.05, 4.69) is 36.3 Å². The van der Waals surface area contributed by atoms with Gasteiger partial charge in [-0.2, -0.15) is 0 Å². The first-order valence-corrected chi connectivity index (χ1v) is 10.1. The minimum Gasteiger partial charge on any atom is -0.328 e. The summed E-state index contributed by atoms with van der Waals surface area (Å²) in [5.74, 6) is 0. The molecule has 1 N–H and O–H groups in total. The predicted molar refractivity (Wildman–Crippen MR) is 114 cm³/mol. The van der Waals surface area contributed by atoms with Gasteiger partial charge in [0.15, 0.2) is 11.2 Å². The quantitative estimate of drug-likeness (QED) is 0.638. The molecular formula is C20H27N5O2S. The van der Waals surface area contributed by atoms with E-state index >= 15 is 0 Å². The van der Waals surface area contributed by atoms with Gasteiger partial charge in [-0.1, -0.05) is 24.6 Å². The maximum atomic E-state index is 13.1. The molecule has 8 heteroatoms. The summed E-state index contributed by atoms with van der Waals surface area (Å²) >= 11 is 1.77. The van der Waals surface area contributed by atoms with Crippen LogP contribution in [0.5, 0.6) is 0 Å². The molecule has 28 heavy (non-hydrogen) atoms. The van der Waals surface area contributed by atoms with Crippen molar-refractivity contribution in [3.8, 4) is 0 Å². The summed E-state index contributed by atoms with van der Waals surface area (Å²) in [5.41, 5.74) is 3.45. The third-order valence-corrected chi connectivity index (χ3v) is 6.22. The molecule has 150 valence electrons. The summed E-state index contributed by atoms with van der Waals surface area (Å²) < 4.78 is 4.42. The number of fused-ring (bicyclic) bond motifs is 1. The number of rotatable bonds is 6. The van der Waals surface area contributed by atoms with Gasteiger partial charge in [-0.25, -0.2) is 9.78 Å². The van der Waals surface area contributed by atoms with Crippen LogP contribution in [-0.2, 0) is 20.6 Å². The summed E-state index contributed by atoms with van der Waals surface area (Å²) in [7, 11) is 5.36. The molecule has 1 atom stereocenters. The molecule has 0 aliphatic rings. The molecule has 0 aliphatic heterocycles. The molecule has 0 bridgehead atoms. The number of thioether (sulfide) groups is 1. The molecule has 0 aliphatic carbocycles. The number of hydrogen-bond acceptors (Lipinski definition) is 5. The number of benzene rings is 1. The summed E-state index contributed by atoms with van der Waals surface area (Å²) in [6.07, 6.45) is 1.56. The third kappa shape index (κ3) is 3.66. The van der Waals surface area contributed by atoms with E-state index in [-0.39, 0.29) is 17.8 Å². The van der Waals surface area contributed by atoms with Crippen molar-refractivity contribution < 1.29 is 0 Å². The molecule has 2 aromatic heterocycles. The van der Waals surface area contributed by atoms with Crippen molar-refractivity contribution in [1.29, 1.82) is 0 Å². The fraction of sp³-hybridized carbons (Fsp3) is 0.450. The van der Waals surface area contributed by atoms with Crippen LogP contribution in [0.1, 0.15) is 23.6 Å². The van der Waals surface area contributed by atoms with E-state index in [9.17, 15) is 9.59 Å². The second kappa shape index (κ2) is 7.97. The Kier molecular flexibility index (Phi) is 5.81. The molecule has 1 aromatic carbocycles. The fourth-order valence-corrected chi connectivity index (χ4v) is 4.74. The van der Waals surface area contributed by atoms with Crippen LogP contribution in [0, 0.1) is 13.8 Å². The maximum absolute atomic E-state index is 13.1. The highest BCUT2D eigenvalue weighted by atomic mass is 32.2. The summed E-state index contributed by atoms with van der Waals surface area (Å²) in [5, 5.41) is 3.56. The number of hydrogen-bond donors (Lipinski definition) is 1. The highest BCUT2D eigenvalue weighted by Gasteiger charge is 2.18. The standard InChI is InChI=1S/C20H27N5O2S/c1-12-7-13(2)17(28-14(3)9-21-4)15(8-12)10-25-19(26)16-18(22-11-23(16)5)24(6)20(25)27/h7-8,11,14,21H,9-10H2,1-6H3. The Labute approximate surface area is 168 Å². The van der Waals surface area contributed by atoms with Crippen LogP contribution >= 0.6 is 11.8 Å². The molecule has 3 rings (SSSR count). The summed E-state index contributed by atoms with van der Waals surface area (Å²) in [4.78, 5) is 31.3. The molecule has 0 amide bonds. The molecule has 7 nitrogen and oxygen atoms in total. The van der Waals surface area contributed by atoms with Crippen LogP contribution in [-0.4, -0.2) is 37.5 Å². The Morgan fingerprint density at radius 1 is 1.21 bits per heavy atom. The molecule has 0 radical (unpaired) electrons.